The molecule has 7 heteroatoms. The quantitative estimate of drug-likeness (QED) is 0.815. The van der Waals surface area contributed by atoms with Gasteiger partial charge in [-0.25, -0.2) is 8.42 Å². The second kappa shape index (κ2) is 4.75. The minimum absolute atomic E-state index is 0.280. The molecule has 2 rings (SSSR count). The minimum atomic E-state index is -3.35. The number of hydrogen-bond donors (Lipinski definition) is 1. The van der Waals surface area contributed by atoms with Crippen molar-refractivity contribution >= 4 is 10.0 Å². The summed E-state index contributed by atoms with van der Waals surface area (Å²) in [4.78, 5) is 0.280. The Hall–Kier alpha value is -0.920. The first-order valence-electron chi connectivity index (χ1n) is 5.70. The fourth-order valence-electron chi connectivity index (χ4n) is 2.07. The molecule has 96 valence electrons. The van der Waals surface area contributed by atoms with Gasteiger partial charge in [-0.2, -0.15) is 9.40 Å². The van der Waals surface area contributed by atoms with Gasteiger partial charge in [-0.1, -0.05) is 0 Å². The molecule has 0 atom stereocenters. The molecule has 0 saturated carbocycles. The summed E-state index contributed by atoms with van der Waals surface area (Å²) in [5, 5.41) is 7.09. The number of aromatic nitrogens is 2. The number of nitrogens with zero attached hydrogens (tertiary/aromatic N) is 3. The second-order valence-corrected chi connectivity index (χ2v) is 6.25. The summed E-state index contributed by atoms with van der Waals surface area (Å²) in [5.41, 5.74) is 0. The first-order chi connectivity index (χ1) is 8.04. The van der Waals surface area contributed by atoms with Crippen molar-refractivity contribution in [3.63, 3.8) is 0 Å². The van der Waals surface area contributed by atoms with Crippen LogP contribution in [-0.4, -0.2) is 48.7 Å². The van der Waals surface area contributed by atoms with Crippen LogP contribution in [0.1, 0.15) is 12.8 Å². The van der Waals surface area contributed by atoms with E-state index in [4.69, 9.17) is 0 Å². The van der Waals surface area contributed by atoms with E-state index in [2.05, 4.69) is 10.4 Å². The van der Waals surface area contributed by atoms with Crippen LogP contribution in [0.4, 0.5) is 0 Å². The van der Waals surface area contributed by atoms with Crippen molar-refractivity contribution < 1.29 is 8.42 Å². The highest BCUT2D eigenvalue weighted by molar-refractivity contribution is 7.89. The van der Waals surface area contributed by atoms with Crippen LogP contribution in [-0.2, 0) is 17.1 Å². The lowest BCUT2D eigenvalue weighted by atomic mass is 10.1. The van der Waals surface area contributed by atoms with Gasteiger partial charge in [0.2, 0.25) is 10.0 Å². The molecule has 1 aromatic rings. The fraction of sp³-hybridized carbons (Fsp3) is 0.700. The molecule has 1 N–H and O–H groups in total. The summed E-state index contributed by atoms with van der Waals surface area (Å²) in [6.07, 6.45) is 4.66. The lowest BCUT2D eigenvalue weighted by Crippen LogP contribution is -2.43. The number of rotatable bonds is 3. The molecular formula is C10H18N4O2S. The molecule has 1 aliphatic heterocycles. The van der Waals surface area contributed by atoms with E-state index < -0.39 is 10.0 Å². The Morgan fingerprint density at radius 1 is 1.41 bits per heavy atom. The van der Waals surface area contributed by atoms with Crippen molar-refractivity contribution in [2.24, 2.45) is 7.05 Å². The monoisotopic (exact) mass is 258 g/mol. The van der Waals surface area contributed by atoms with Gasteiger partial charge in [0.05, 0.1) is 6.20 Å². The van der Waals surface area contributed by atoms with Crippen LogP contribution in [0, 0.1) is 0 Å². The highest BCUT2D eigenvalue weighted by atomic mass is 32.2. The summed E-state index contributed by atoms with van der Waals surface area (Å²) in [7, 11) is 0.277. The van der Waals surface area contributed by atoms with Crippen molar-refractivity contribution in [3.8, 4) is 0 Å². The Balaban J connectivity index is 2.12. The molecule has 0 spiro atoms. The van der Waals surface area contributed by atoms with E-state index in [0.29, 0.717) is 19.1 Å². The van der Waals surface area contributed by atoms with Gasteiger partial charge < -0.3 is 5.32 Å². The summed E-state index contributed by atoms with van der Waals surface area (Å²) in [5.74, 6) is 0. The first kappa shape index (κ1) is 12.5. The highest BCUT2D eigenvalue weighted by Crippen LogP contribution is 2.19. The molecule has 1 aliphatic rings. The highest BCUT2D eigenvalue weighted by Gasteiger charge is 2.29. The van der Waals surface area contributed by atoms with Crippen LogP contribution in [0.2, 0.25) is 0 Å². The van der Waals surface area contributed by atoms with Crippen LogP contribution in [0.15, 0.2) is 17.3 Å². The lowest BCUT2D eigenvalue weighted by Gasteiger charge is -2.30. The molecule has 0 amide bonds. The summed E-state index contributed by atoms with van der Waals surface area (Å²) in [6, 6.07) is 0.426. The SMILES string of the molecule is CNC1CCN(S(=O)(=O)c2cnn(C)c2)CC1. The van der Waals surface area contributed by atoms with Gasteiger partial charge in [0.1, 0.15) is 4.90 Å². The zero-order valence-electron chi connectivity index (χ0n) is 10.1. The van der Waals surface area contributed by atoms with Crippen LogP contribution in [0.3, 0.4) is 0 Å². The van der Waals surface area contributed by atoms with E-state index in [9.17, 15) is 8.42 Å². The summed E-state index contributed by atoms with van der Waals surface area (Å²) < 4.78 is 27.5. The Labute approximate surface area is 102 Å². The number of hydrogen-bond acceptors (Lipinski definition) is 4. The largest absolute Gasteiger partial charge is 0.317 e. The fourth-order valence-corrected chi connectivity index (χ4v) is 3.52. The number of sulfonamides is 1. The third-order valence-electron chi connectivity index (χ3n) is 3.18. The second-order valence-electron chi connectivity index (χ2n) is 4.32. The van der Waals surface area contributed by atoms with E-state index in [1.54, 1.807) is 13.2 Å². The summed E-state index contributed by atoms with van der Waals surface area (Å²) in [6.45, 7) is 1.14. The van der Waals surface area contributed by atoms with E-state index in [1.165, 1.54) is 15.2 Å². The average molecular weight is 258 g/mol. The maximum Gasteiger partial charge on any atom is 0.246 e. The molecule has 6 nitrogen and oxygen atoms in total. The average Bonchev–Trinajstić information content (AvgIpc) is 2.77. The number of aryl methyl sites for hydroxylation is 1. The molecule has 2 heterocycles. The minimum Gasteiger partial charge on any atom is -0.317 e. The predicted molar refractivity (Wildman–Crippen MR) is 64.0 cm³/mol. The molecule has 0 bridgehead atoms. The van der Waals surface area contributed by atoms with Crippen molar-refractivity contribution in [1.29, 1.82) is 0 Å². The van der Waals surface area contributed by atoms with Gasteiger partial charge in [0, 0.05) is 32.4 Å². The predicted octanol–water partition coefficient (Wildman–Crippen LogP) is -0.207. The molecule has 0 aliphatic carbocycles. The van der Waals surface area contributed by atoms with Crippen LogP contribution >= 0.6 is 0 Å². The van der Waals surface area contributed by atoms with E-state index in [-0.39, 0.29) is 4.90 Å². The zero-order valence-corrected chi connectivity index (χ0v) is 10.9. The molecule has 0 unspecified atom stereocenters. The van der Waals surface area contributed by atoms with Crippen LogP contribution < -0.4 is 5.32 Å². The maximum atomic E-state index is 12.2. The van der Waals surface area contributed by atoms with Gasteiger partial charge in [0.25, 0.3) is 0 Å². The molecule has 0 radical (unpaired) electrons. The Morgan fingerprint density at radius 3 is 2.53 bits per heavy atom. The normalized spacial score (nSPS) is 19.6. The molecule has 1 fully saturated rings. The Kier molecular flexibility index (Phi) is 3.50. The Morgan fingerprint density at radius 2 is 2.06 bits per heavy atom. The zero-order chi connectivity index (χ0) is 12.5. The molecule has 1 saturated heterocycles. The Bertz CT molecular complexity index is 474. The number of piperidine rings is 1. The smallest absolute Gasteiger partial charge is 0.246 e. The molecule has 17 heavy (non-hydrogen) atoms. The van der Waals surface area contributed by atoms with Gasteiger partial charge in [-0.3, -0.25) is 4.68 Å². The van der Waals surface area contributed by atoms with Crippen LogP contribution in [0.5, 0.6) is 0 Å². The van der Waals surface area contributed by atoms with Gasteiger partial charge in [0.15, 0.2) is 0 Å². The van der Waals surface area contributed by atoms with Crippen molar-refractivity contribution in [2.45, 2.75) is 23.8 Å². The molecular weight excluding hydrogens is 240 g/mol. The third kappa shape index (κ3) is 2.51. The maximum absolute atomic E-state index is 12.2. The molecule has 1 aromatic heterocycles. The third-order valence-corrected chi connectivity index (χ3v) is 5.03. The lowest BCUT2D eigenvalue weighted by molar-refractivity contribution is 0.298. The number of nitrogens with one attached hydrogen (secondary N) is 1. The van der Waals surface area contributed by atoms with E-state index >= 15 is 0 Å². The van der Waals surface area contributed by atoms with E-state index in [0.717, 1.165) is 12.8 Å². The van der Waals surface area contributed by atoms with Gasteiger partial charge >= 0.3 is 0 Å². The van der Waals surface area contributed by atoms with Crippen molar-refractivity contribution in [2.75, 3.05) is 20.1 Å². The van der Waals surface area contributed by atoms with Crippen LogP contribution in [0.25, 0.3) is 0 Å². The van der Waals surface area contributed by atoms with Crippen molar-refractivity contribution in [3.05, 3.63) is 12.4 Å². The standard InChI is InChI=1S/C10H18N4O2S/c1-11-9-3-5-14(6-4-9)17(15,16)10-7-12-13(2)8-10/h7-9,11H,3-6H2,1-2H3. The summed E-state index contributed by atoms with van der Waals surface area (Å²) >= 11 is 0. The topological polar surface area (TPSA) is 67.2 Å². The first-order valence-corrected chi connectivity index (χ1v) is 7.14. The van der Waals surface area contributed by atoms with Gasteiger partial charge in [-0.15, -0.1) is 0 Å². The van der Waals surface area contributed by atoms with Crippen molar-refractivity contribution in [1.82, 2.24) is 19.4 Å². The molecule has 0 aromatic carbocycles. The van der Waals surface area contributed by atoms with Gasteiger partial charge in [-0.05, 0) is 19.9 Å². The van der Waals surface area contributed by atoms with E-state index in [1.807, 2.05) is 7.05 Å².